The molecule has 1 aromatic carbocycles. The molecule has 0 radical (unpaired) electrons. The smallest absolute Gasteiger partial charge is 0.238 e. The van der Waals surface area contributed by atoms with Gasteiger partial charge in [0.25, 0.3) is 0 Å². The maximum atomic E-state index is 12.8. The van der Waals surface area contributed by atoms with Crippen LogP contribution in [0.5, 0.6) is 0 Å². The van der Waals surface area contributed by atoms with E-state index in [4.69, 9.17) is 0 Å². The maximum Gasteiger partial charge on any atom is 0.238 e. The Bertz CT molecular complexity index is 840. The standard InChI is InChI=1S/C22H32N6O/c1-15-21(16(2)27(3)26-15)19-13-20(25-24-19)22(29)23-18-9-11-28(12-10-18)14-17-7-5-4-6-8-17/h4-8,18-20,24-25H,9-14H2,1-3H3,(H,23,29). The minimum atomic E-state index is -0.207. The topological polar surface area (TPSA) is 74.2 Å². The Labute approximate surface area is 172 Å². The molecule has 29 heavy (non-hydrogen) atoms. The van der Waals surface area contributed by atoms with Crippen LogP contribution in [0.3, 0.4) is 0 Å². The van der Waals surface area contributed by atoms with Crippen LogP contribution in [0.15, 0.2) is 30.3 Å². The summed E-state index contributed by atoms with van der Waals surface area (Å²) in [5.41, 5.74) is 11.2. The van der Waals surface area contributed by atoms with E-state index in [9.17, 15) is 4.79 Å². The van der Waals surface area contributed by atoms with Crippen LogP contribution in [0.1, 0.15) is 47.8 Å². The Balaban J connectivity index is 1.25. The summed E-state index contributed by atoms with van der Waals surface area (Å²) in [6, 6.07) is 10.8. The van der Waals surface area contributed by atoms with Gasteiger partial charge in [-0.3, -0.25) is 14.4 Å². The zero-order valence-electron chi connectivity index (χ0n) is 17.6. The maximum absolute atomic E-state index is 12.8. The second kappa shape index (κ2) is 8.65. The average molecular weight is 397 g/mol. The lowest BCUT2D eigenvalue weighted by Gasteiger charge is -2.32. The quantitative estimate of drug-likeness (QED) is 0.718. The fraction of sp³-hybridized carbons (Fsp3) is 0.545. The first-order valence-electron chi connectivity index (χ1n) is 10.6. The molecule has 2 aromatic rings. The van der Waals surface area contributed by atoms with Crippen molar-refractivity contribution in [1.82, 2.24) is 30.8 Å². The zero-order valence-corrected chi connectivity index (χ0v) is 17.6. The molecule has 2 fully saturated rings. The van der Waals surface area contributed by atoms with Crippen LogP contribution >= 0.6 is 0 Å². The first-order valence-corrected chi connectivity index (χ1v) is 10.6. The van der Waals surface area contributed by atoms with Gasteiger partial charge in [-0.15, -0.1) is 0 Å². The number of nitrogens with one attached hydrogen (secondary N) is 3. The molecule has 0 aliphatic carbocycles. The zero-order chi connectivity index (χ0) is 20.4. The number of aromatic nitrogens is 2. The van der Waals surface area contributed by atoms with Gasteiger partial charge in [0.1, 0.15) is 6.04 Å². The second-order valence-electron chi connectivity index (χ2n) is 8.38. The third-order valence-electron chi connectivity index (χ3n) is 6.32. The van der Waals surface area contributed by atoms with Gasteiger partial charge in [-0.1, -0.05) is 30.3 Å². The number of hydrazine groups is 1. The van der Waals surface area contributed by atoms with Gasteiger partial charge >= 0.3 is 0 Å². The molecule has 7 heteroatoms. The molecule has 7 nitrogen and oxygen atoms in total. The lowest BCUT2D eigenvalue weighted by molar-refractivity contribution is -0.123. The van der Waals surface area contributed by atoms with Gasteiger partial charge in [0, 0.05) is 44.0 Å². The van der Waals surface area contributed by atoms with Gasteiger partial charge < -0.3 is 5.32 Å². The monoisotopic (exact) mass is 396 g/mol. The molecule has 2 aliphatic rings. The fourth-order valence-corrected chi connectivity index (χ4v) is 4.59. The van der Waals surface area contributed by atoms with E-state index in [-0.39, 0.29) is 24.0 Å². The number of aryl methyl sites for hydroxylation is 2. The number of rotatable bonds is 5. The molecule has 1 aromatic heterocycles. The number of piperidine rings is 1. The van der Waals surface area contributed by atoms with Gasteiger partial charge in [0.15, 0.2) is 0 Å². The highest BCUT2D eigenvalue weighted by Crippen LogP contribution is 2.27. The summed E-state index contributed by atoms with van der Waals surface area (Å²) in [4.78, 5) is 15.3. The van der Waals surface area contributed by atoms with Crippen molar-refractivity contribution in [2.24, 2.45) is 7.05 Å². The van der Waals surface area contributed by atoms with E-state index >= 15 is 0 Å². The predicted molar refractivity (Wildman–Crippen MR) is 113 cm³/mol. The van der Waals surface area contributed by atoms with Crippen molar-refractivity contribution in [3.63, 3.8) is 0 Å². The minimum Gasteiger partial charge on any atom is -0.352 e. The predicted octanol–water partition coefficient (Wildman–Crippen LogP) is 1.73. The van der Waals surface area contributed by atoms with Gasteiger partial charge in [-0.25, -0.2) is 10.9 Å². The summed E-state index contributed by atoms with van der Waals surface area (Å²) in [7, 11) is 1.96. The molecule has 0 bridgehead atoms. The number of hydrogen-bond acceptors (Lipinski definition) is 5. The average Bonchev–Trinajstić information content (AvgIpc) is 3.29. The molecule has 0 saturated carbocycles. The molecule has 0 spiro atoms. The summed E-state index contributed by atoms with van der Waals surface area (Å²) >= 11 is 0. The number of hydrogen-bond donors (Lipinski definition) is 3. The first-order chi connectivity index (χ1) is 14.0. The highest BCUT2D eigenvalue weighted by molar-refractivity contribution is 5.82. The van der Waals surface area contributed by atoms with E-state index in [0.29, 0.717) is 0 Å². The molecule has 156 valence electrons. The van der Waals surface area contributed by atoms with Gasteiger partial charge in [-0.05, 0) is 38.7 Å². The Morgan fingerprint density at radius 2 is 1.90 bits per heavy atom. The molecule has 2 atom stereocenters. The van der Waals surface area contributed by atoms with Crippen LogP contribution in [0.25, 0.3) is 0 Å². The first kappa shape index (κ1) is 20.1. The lowest BCUT2D eigenvalue weighted by Crippen LogP contribution is -2.50. The summed E-state index contributed by atoms with van der Waals surface area (Å²) in [6.45, 7) is 7.13. The van der Waals surface area contributed by atoms with E-state index in [2.05, 4.69) is 63.4 Å². The molecular weight excluding hydrogens is 364 g/mol. The Hall–Kier alpha value is -2.22. The normalized spacial score (nSPS) is 23.4. The second-order valence-corrected chi connectivity index (χ2v) is 8.38. The van der Waals surface area contributed by atoms with Gasteiger partial charge in [0.05, 0.1) is 11.7 Å². The molecule has 3 heterocycles. The number of amides is 1. The number of benzene rings is 1. The van der Waals surface area contributed by atoms with E-state index < -0.39 is 0 Å². The number of nitrogens with zero attached hydrogens (tertiary/aromatic N) is 3. The van der Waals surface area contributed by atoms with Crippen LogP contribution in [0.2, 0.25) is 0 Å². The highest BCUT2D eigenvalue weighted by Gasteiger charge is 2.34. The summed E-state index contributed by atoms with van der Waals surface area (Å²) in [6.07, 6.45) is 2.75. The van der Waals surface area contributed by atoms with Crippen molar-refractivity contribution in [2.75, 3.05) is 13.1 Å². The molecule has 2 aliphatic heterocycles. The fourth-order valence-electron chi connectivity index (χ4n) is 4.59. The molecule has 2 unspecified atom stereocenters. The largest absolute Gasteiger partial charge is 0.352 e. The van der Waals surface area contributed by atoms with Crippen molar-refractivity contribution < 1.29 is 4.79 Å². The molecule has 4 rings (SSSR count). The van der Waals surface area contributed by atoms with E-state index in [1.165, 1.54) is 11.1 Å². The number of carbonyl (C=O) groups is 1. The third kappa shape index (κ3) is 4.52. The van der Waals surface area contributed by atoms with E-state index in [1.807, 2.05) is 18.7 Å². The SMILES string of the molecule is Cc1nn(C)c(C)c1C1CC(C(=O)NC2CCN(Cc3ccccc3)CC2)NN1. The summed E-state index contributed by atoms with van der Waals surface area (Å²) in [5.74, 6) is 0.0979. The summed E-state index contributed by atoms with van der Waals surface area (Å²) < 4.78 is 1.91. The van der Waals surface area contributed by atoms with Crippen LogP contribution in [-0.4, -0.2) is 45.8 Å². The van der Waals surface area contributed by atoms with Crippen LogP contribution in [0, 0.1) is 13.8 Å². The van der Waals surface area contributed by atoms with Gasteiger partial charge in [0.2, 0.25) is 5.91 Å². The lowest BCUT2D eigenvalue weighted by atomic mass is 9.99. The Morgan fingerprint density at radius 1 is 1.17 bits per heavy atom. The van der Waals surface area contributed by atoms with Gasteiger partial charge in [-0.2, -0.15) is 5.10 Å². The van der Waals surface area contributed by atoms with Crippen molar-refractivity contribution in [3.8, 4) is 0 Å². The van der Waals surface area contributed by atoms with E-state index in [1.54, 1.807) is 0 Å². The molecule has 2 saturated heterocycles. The van der Waals surface area contributed by atoms with Crippen LogP contribution < -0.4 is 16.2 Å². The van der Waals surface area contributed by atoms with E-state index in [0.717, 1.165) is 50.3 Å². The minimum absolute atomic E-state index is 0.0979. The van der Waals surface area contributed by atoms with Crippen molar-refractivity contribution in [3.05, 3.63) is 52.8 Å². The molecular formula is C22H32N6O. The van der Waals surface area contributed by atoms with Crippen LogP contribution in [-0.2, 0) is 18.4 Å². The number of carbonyl (C=O) groups excluding carboxylic acids is 1. The summed E-state index contributed by atoms with van der Waals surface area (Å²) in [5, 5.41) is 7.76. The third-order valence-corrected chi connectivity index (χ3v) is 6.32. The Kier molecular flexibility index (Phi) is 5.99. The van der Waals surface area contributed by atoms with Crippen molar-refractivity contribution in [2.45, 2.75) is 57.8 Å². The molecule has 3 N–H and O–H groups in total. The highest BCUT2D eigenvalue weighted by atomic mass is 16.2. The Morgan fingerprint density at radius 3 is 2.55 bits per heavy atom. The molecule has 1 amide bonds. The van der Waals surface area contributed by atoms with Crippen molar-refractivity contribution >= 4 is 5.91 Å². The van der Waals surface area contributed by atoms with Crippen LogP contribution in [0.4, 0.5) is 0 Å². The number of likely N-dealkylation sites (tertiary alicyclic amines) is 1. The van der Waals surface area contributed by atoms with Crippen molar-refractivity contribution in [1.29, 1.82) is 0 Å².